The largest absolute Gasteiger partial charge is 0.381 e. The standard InChI is InChI=1S/C16H27N3O2/c1-3-18-15(14-11-17-12-19(14)2)13-4-7-21-16(10-13)5-8-20-9-6-16/h11-13,15,18H,3-10H2,1-2H3. The molecule has 0 aromatic carbocycles. The van der Waals surface area contributed by atoms with E-state index < -0.39 is 0 Å². The van der Waals surface area contributed by atoms with E-state index in [0.717, 1.165) is 52.0 Å². The van der Waals surface area contributed by atoms with Gasteiger partial charge in [0.2, 0.25) is 0 Å². The maximum atomic E-state index is 6.18. The molecule has 1 aromatic rings. The van der Waals surface area contributed by atoms with Gasteiger partial charge in [-0.2, -0.15) is 0 Å². The summed E-state index contributed by atoms with van der Waals surface area (Å²) in [6, 6.07) is 0.367. The topological polar surface area (TPSA) is 48.3 Å². The minimum atomic E-state index is 0.0490. The van der Waals surface area contributed by atoms with Crippen LogP contribution < -0.4 is 5.32 Å². The summed E-state index contributed by atoms with van der Waals surface area (Å²) in [5.41, 5.74) is 1.33. The monoisotopic (exact) mass is 293 g/mol. The van der Waals surface area contributed by atoms with Crippen LogP contribution in [0.4, 0.5) is 0 Å². The molecule has 3 rings (SSSR count). The lowest BCUT2D eigenvalue weighted by Gasteiger charge is -2.45. The van der Waals surface area contributed by atoms with Crippen LogP contribution in [-0.2, 0) is 16.5 Å². The highest BCUT2D eigenvalue weighted by Gasteiger charge is 2.41. The van der Waals surface area contributed by atoms with E-state index in [1.807, 2.05) is 12.5 Å². The van der Waals surface area contributed by atoms with Crippen molar-refractivity contribution < 1.29 is 9.47 Å². The average molecular weight is 293 g/mol. The predicted molar refractivity (Wildman–Crippen MR) is 81.1 cm³/mol. The molecule has 0 saturated carbocycles. The zero-order valence-corrected chi connectivity index (χ0v) is 13.2. The highest BCUT2D eigenvalue weighted by atomic mass is 16.5. The summed E-state index contributed by atoms with van der Waals surface area (Å²) in [5.74, 6) is 0.604. The molecule has 0 radical (unpaired) electrons. The molecule has 21 heavy (non-hydrogen) atoms. The van der Waals surface area contributed by atoms with Crippen LogP contribution in [0.3, 0.4) is 0 Å². The maximum Gasteiger partial charge on any atom is 0.0946 e. The second-order valence-corrected chi connectivity index (χ2v) is 6.36. The van der Waals surface area contributed by atoms with Gasteiger partial charge in [0.25, 0.3) is 0 Å². The predicted octanol–water partition coefficient (Wildman–Crippen LogP) is 2.05. The normalized spacial score (nSPS) is 26.9. The summed E-state index contributed by atoms with van der Waals surface area (Å²) in [6.07, 6.45) is 8.20. The number of hydrogen-bond donors (Lipinski definition) is 1. The first-order chi connectivity index (χ1) is 10.2. The van der Waals surface area contributed by atoms with E-state index in [1.165, 1.54) is 5.69 Å². The molecule has 5 nitrogen and oxygen atoms in total. The number of hydrogen-bond acceptors (Lipinski definition) is 4. The number of rotatable bonds is 4. The molecule has 3 heterocycles. The van der Waals surface area contributed by atoms with Crippen LogP contribution in [0.1, 0.15) is 44.3 Å². The molecular formula is C16H27N3O2. The highest BCUT2D eigenvalue weighted by Crippen LogP contribution is 2.41. The molecule has 1 aromatic heterocycles. The Morgan fingerprint density at radius 3 is 2.90 bits per heavy atom. The molecule has 2 fully saturated rings. The Morgan fingerprint density at radius 1 is 1.43 bits per heavy atom. The fourth-order valence-electron chi connectivity index (χ4n) is 3.84. The maximum absolute atomic E-state index is 6.18. The Labute approximate surface area is 127 Å². The van der Waals surface area contributed by atoms with Crippen LogP contribution in [0.15, 0.2) is 12.5 Å². The minimum Gasteiger partial charge on any atom is -0.381 e. The third-order valence-corrected chi connectivity index (χ3v) is 5.00. The van der Waals surface area contributed by atoms with Gasteiger partial charge in [-0.15, -0.1) is 0 Å². The molecule has 0 bridgehead atoms. The van der Waals surface area contributed by atoms with Crippen LogP contribution in [0, 0.1) is 5.92 Å². The van der Waals surface area contributed by atoms with Gasteiger partial charge in [0.05, 0.1) is 23.7 Å². The zero-order chi connectivity index (χ0) is 14.7. The van der Waals surface area contributed by atoms with E-state index in [0.29, 0.717) is 12.0 Å². The van der Waals surface area contributed by atoms with Gasteiger partial charge < -0.3 is 19.4 Å². The molecule has 2 aliphatic rings. The van der Waals surface area contributed by atoms with E-state index in [4.69, 9.17) is 9.47 Å². The average Bonchev–Trinajstić information content (AvgIpc) is 2.91. The summed E-state index contributed by atoms with van der Waals surface area (Å²) < 4.78 is 13.8. The Bertz CT molecular complexity index is 449. The van der Waals surface area contributed by atoms with Crippen LogP contribution in [-0.4, -0.2) is 41.5 Å². The number of aryl methyl sites for hydroxylation is 1. The Morgan fingerprint density at radius 2 is 2.24 bits per heavy atom. The molecule has 1 N–H and O–H groups in total. The summed E-state index contributed by atoms with van der Waals surface area (Å²) in [4.78, 5) is 4.30. The third-order valence-electron chi connectivity index (χ3n) is 5.00. The highest BCUT2D eigenvalue weighted by molar-refractivity contribution is 5.08. The van der Waals surface area contributed by atoms with Crippen molar-refractivity contribution in [3.63, 3.8) is 0 Å². The van der Waals surface area contributed by atoms with Crippen molar-refractivity contribution in [1.82, 2.24) is 14.9 Å². The fraction of sp³-hybridized carbons (Fsp3) is 0.812. The van der Waals surface area contributed by atoms with Crippen molar-refractivity contribution in [3.05, 3.63) is 18.2 Å². The number of nitrogens with one attached hydrogen (secondary N) is 1. The van der Waals surface area contributed by atoms with E-state index >= 15 is 0 Å². The molecule has 5 heteroatoms. The lowest BCUT2D eigenvalue weighted by atomic mass is 9.77. The Kier molecular flexibility index (Phi) is 4.62. The van der Waals surface area contributed by atoms with E-state index in [2.05, 4.69) is 28.8 Å². The van der Waals surface area contributed by atoms with Gasteiger partial charge in [0.1, 0.15) is 0 Å². The molecular weight excluding hydrogens is 266 g/mol. The quantitative estimate of drug-likeness (QED) is 0.923. The zero-order valence-electron chi connectivity index (χ0n) is 13.2. The molecule has 2 aliphatic heterocycles. The molecule has 0 amide bonds. The van der Waals surface area contributed by atoms with E-state index in [-0.39, 0.29) is 5.60 Å². The fourth-order valence-corrected chi connectivity index (χ4v) is 3.84. The SMILES string of the molecule is CCNC(c1cncn1C)C1CCOC2(CCOCC2)C1. The van der Waals surface area contributed by atoms with Crippen molar-refractivity contribution >= 4 is 0 Å². The Hall–Kier alpha value is -0.910. The first-order valence-electron chi connectivity index (χ1n) is 8.15. The van der Waals surface area contributed by atoms with Gasteiger partial charge in [-0.05, 0) is 38.1 Å². The van der Waals surface area contributed by atoms with Gasteiger partial charge in [-0.1, -0.05) is 6.92 Å². The van der Waals surface area contributed by atoms with Crippen molar-refractivity contribution in [2.75, 3.05) is 26.4 Å². The third kappa shape index (κ3) is 3.15. The van der Waals surface area contributed by atoms with Crippen molar-refractivity contribution in [2.45, 2.75) is 44.2 Å². The lowest BCUT2D eigenvalue weighted by Crippen LogP contribution is -2.47. The van der Waals surface area contributed by atoms with Gasteiger partial charge in [0, 0.05) is 33.1 Å². The lowest BCUT2D eigenvalue weighted by molar-refractivity contribution is -0.150. The van der Waals surface area contributed by atoms with Crippen LogP contribution in [0.2, 0.25) is 0 Å². The van der Waals surface area contributed by atoms with Crippen LogP contribution >= 0.6 is 0 Å². The summed E-state index contributed by atoms with van der Waals surface area (Å²) in [6.45, 7) is 5.69. The van der Waals surface area contributed by atoms with Crippen molar-refractivity contribution in [2.24, 2.45) is 13.0 Å². The second kappa shape index (κ2) is 6.46. The Balaban J connectivity index is 1.77. The van der Waals surface area contributed by atoms with Crippen LogP contribution in [0.25, 0.3) is 0 Å². The summed E-state index contributed by atoms with van der Waals surface area (Å²) in [7, 11) is 2.08. The summed E-state index contributed by atoms with van der Waals surface area (Å²) >= 11 is 0. The van der Waals surface area contributed by atoms with Gasteiger partial charge in [0.15, 0.2) is 0 Å². The minimum absolute atomic E-state index is 0.0490. The van der Waals surface area contributed by atoms with Gasteiger partial charge in [-0.25, -0.2) is 4.98 Å². The molecule has 2 atom stereocenters. The first kappa shape index (κ1) is 15.0. The van der Waals surface area contributed by atoms with Crippen molar-refractivity contribution in [3.8, 4) is 0 Å². The van der Waals surface area contributed by atoms with Crippen molar-refractivity contribution in [1.29, 1.82) is 0 Å². The first-order valence-corrected chi connectivity index (χ1v) is 8.15. The number of nitrogens with zero attached hydrogens (tertiary/aromatic N) is 2. The molecule has 2 saturated heterocycles. The number of imidazole rings is 1. The smallest absolute Gasteiger partial charge is 0.0946 e. The molecule has 1 spiro atoms. The molecule has 0 aliphatic carbocycles. The second-order valence-electron chi connectivity index (χ2n) is 6.36. The van der Waals surface area contributed by atoms with Gasteiger partial charge >= 0.3 is 0 Å². The summed E-state index contributed by atoms with van der Waals surface area (Å²) in [5, 5.41) is 3.67. The van der Waals surface area contributed by atoms with Crippen LogP contribution in [0.5, 0.6) is 0 Å². The number of ether oxygens (including phenoxy) is 2. The van der Waals surface area contributed by atoms with E-state index in [1.54, 1.807) is 0 Å². The van der Waals surface area contributed by atoms with Gasteiger partial charge in [-0.3, -0.25) is 0 Å². The number of aromatic nitrogens is 2. The molecule has 2 unspecified atom stereocenters. The molecule has 118 valence electrons. The van der Waals surface area contributed by atoms with E-state index in [9.17, 15) is 0 Å².